The molecule has 0 radical (unpaired) electrons. The molecule has 3 aromatic rings. The molecule has 0 aliphatic carbocycles. The Kier molecular flexibility index (Phi) is 6.21. The highest BCUT2D eigenvalue weighted by atomic mass is 32.2. The van der Waals surface area contributed by atoms with Crippen molar-refractivity contribution < 1.29 is 17.9 Å². The molecule has 3 rings (SSSR count). The predicted molar refractivity (Wildman–Crippen MR) is 115 cm³/mol. The SMILES string of the molecule is CC(C)c1ccc(OCC(=O)Nc2nc3ccc(S(=O)(=O)N(C)C)cc3s2)cc1. The van der Waals surface area contributed by atoms with Crippen LogP contribution >= 0.6 is 11.3 Å². The monoisotopic (exact) mass is 433 g/mol. The van der Waals surface area contributed by atoms with Gasteiger partial charge in [-0.15, -0.1) is 0 Å². The summed E-state index contributed by atoms with van der Waals surface area (Å²) >= 11 is 1.21. The van der Waals surface area contributed by atoms with Gasteiger partial charge in [0.25, 0.3) is 5.91 Å². The molecule has 1 N–H and O–H groups in total. The van der Waals surface area contributed by atoms with E-state index in [1.807, 2.05) is 24.3 Å². The minimum absolute atomic E-state index is 0.142. The largest absolute Gasteiger partial charge is 0.484 e. The molecule has 7 nitrogen and oxygen atoms in total. The number of nitrogens with one attached hydrogen (secondary N) is 1. The maximum absolute atomic E-state index is 12.3. The third kappa shape index (κ3) is 4.92. The van der Waals surface area contributed by atoms with E-state index in [2.05, 4.69) is 24.1 Å². The van der Waals surface area contributed by atoms with Crippen molar-refractivity contribution in [2.75, 3.05) is 26.0 Å². The number of carbonyl (C=O) groups excluding carboxylic acids is 1. The van der Waals surface area contributed by atoms with Gasteiger partial charge in [0.05, 0.1) is 15.1 Å². The van der Waals surface area contributed by atoms with E-state index in [0.29, 0.717) is 27.0 Å². The summed E-state index contributed by atoms with van der Waals surface area (Å²) in [5.41, 5.74) is 1.82. The molecule has 0 unspecified atom stereocenters. The second-order valence-corrected chi connectivity index (χ2v) is 10.2. The van der Waals surface area contributed by atoms with Crippen molar-refractivity contribution >= 4 is 42.6 Å². The second-order valence-electron chi connectivity index (χ2n) is 7.00. The van der Waals surface area contributed by atoms with E-state index >= 15 is 0 Å². The van der Waals surface area contributed by atoms with Gasteiger partial charge in [-0.3, -0.25) is 10.1 Å². The van der Waals surface area contributed by atoms with Crippen LogP contribution in [0.5, 0.6) is 5.75 Å². The maximum atomic E-state index is 12.3. The molecular weight excluding hydrogens is 410 g/mol. The molecule has 0 atom stereocenters. The Bertz CT molecular complexity index is 1120. The van der Waals surface area contributed by atoms with Gasteiger partial charge in [0, 0.05) is 14.1 Å². The Balaban J connectivity index is 1.65. The first-order chi connectivity index (χ1) is 13.7. The lowest BCUT2D eigenvalue weighted by atomic mass is 10.0. The minimum Gasteiger partial charge on any atom is -0.484 e. The fraction of sp³-hybridized carbons (Fsp3) is 0.300. The first-order valence-corrected chi connectivity index (χ1v) is 11.3. The lowest BCUT2D eigenvalue weighted by molar-refractivity contribution is -0.118. The van der Waals surface area contributed by atoms with Crippen LogP contribution in [0.3, 0.4) is 0 Å². The summed E-state index contributed by atoms with van der Waals surface area (Å²) in [4.78, 5) is 16.7. The van der Waals surface area contributed by atoms with E-state index in [1.165, 1.54) is 37.1 Å². The molecule has 1 amide bonds. The minimum atomic E-state index is -3.53. The highest BCUT2D eigenvalue weighted by Crippen LogP contribution is 2.29. The zero-order chi connectivity index (χ0) is 21.2. The molecule has 0 aliphatic rings. The average Bonchev–Trinajstić information content (AvgIpc) is 3.07. The number of hydrogen-bond donors (Lipinski definition) is 1. The number of nitrogens with zero attached hydrogens (tertiary/aromatic N) is 2. The van der Waals surface area contributed by atoms with Crippen LogP contribution in [0.1, 0.15) is 25.3 Å². The van der Waals surface area contributed by atoms with Crippen molar-refractivity contribution in [3.8, 4) is 5.75 Å². The quantitative estimate of drug-likeness (QED) is 0.614. The number of thiazole rings is 1. The lowest BCUT2D eigenvalue weighted by Gasteiger charge is -2.10. The van der Waals surface area contributed by atoms with E-state index in [1.54, 1.807) is 12.1 Å². The molecule has 0 spiro atoms. The highest BCUT2D eigenvalue weighted by Gasteiger charge is 2.18. The van der Waals surface area contributed by atoms with Crippen molar-refractivity contribution in [1.29, 1.82) is 0 Å². The summed E-state index contributed by atoms with van der Waals surface area (Å²) in [7, 11) is -0.564. The van der Waals surface area contributed by atoms with Crippen molar-refractivity contribution in [2.45, 2.75) is 24.7 Å². The topological polar surface area (TPSA) is 88.6 Å². The zero-order valence-electron chi connectivity index (χ0n) is 16.7. The Labute approximate surface area is 174 Å². The number of amides is 1. The van der Waals surface area contributed by atoms with Gasteiger partial charge in [-0.1, -0.05) is 37.3 Å². The molecule has 0 saturated carbocycles. The summed E-state index contributed by atoms with van der Waals surface area (Å²) in [6, 6.07) is 12.3. The summed E-state index contributed by atoms with van der Waals surface area (Å²) in [6.45, 7) is 4.08. The second kappa shape index (κ2) is 8.48. The standard InChI is InChI=1S/C20H23N3O4S2/c1-13(2)14-5-7-15(8-6-14)27-12-19(24)22-20-21-17-10-9-16(11-18(17)28-20)29(25,26)23(3)4/h5-11,13H,12H2,1-4H3,(H,21,22,24). The maximum Gasteiger partial charge on any atom is 0.264 e. The Morgan fingerprint density at radius 3 is 2.48 bits per heavy atom. The van der Waals surface area contributed by atoms with Crippen LogP contribution in [0.25, 0.3) is 10.2 Å². The van der Waals surface area contributed by atoms with Crippen LogP contribution in [-0.2, 0) is 14.8 Å². The Morgan fingerprint density at radius 1 is 1.17 bits per heavy atom. The number of ether oxygens (including phenoxy) is 1. The summed E-state index contributed by atoms with van der Waals surface area (Å²) < 4.78 is 31.9. The third-order valence-electron chi connectivity index (χ3n) is 4.30. The van der Waals surface area contributed by atoms with Gasteiger partial charge >= 0.3 is 0 Å². The van der Waals surface area contributed by atoms with Gasteiger partial charge in [0.2, 0.25) is 10.0 Å². The van der Waals surface area contributed by atoms with E-state index in [4.69, 9.17) is 4.74 Å². The lowest BCUT2D eigenvalue weighted by Crippen LogP contribution is -2.22. The molecule has 9 heteroatoms. The van der Waals surface area contributed by atoms with Crippen LogP contribution in [0, 0.1) is 0 Å². The van der Waals surface area contributed by atoms with Crippen LogP contribution in [0.4, 0.5) is 5.13 Å². The Morgan fingerprint density at radius 2 is 1.86 bits per heavy atom. The molecule has 0 saturated heterocycles. The number of fused-ring (bicyclic) bond motifs is 1. The summed E-state index contributed by atoms with van der Waals surface area (Å²) in [5.74, 6) is 0.713. The van der Waals surface area contributed by atoms with Gasteiger partial charge in [0.15, 0.2) is 11.7 Å². The summed E-state index contributed by atoms with van der Waals surface area (Å²) in [6.07, 6.45) is 0. The van der Waals surface area contributed by atoms with E-state index in [-0.39, 0.29) is 17.4 Å². The van der Waals surface area contributed by atoms with Gasteiger partial charge < -0.3 is 4.74 Å². The van der Waals surface area contributed by atoms with Crippen molar-refractivity contribution in [2.24, 2.45) is 0 Å². The third-order valence-corrected chi connectivity index (χ3v) is 7.05. The molecule has 0 fully saturated rings. The first-order valence-electron chi connectivity index (χ1n) is 9.02. The molecular formula is C20H23N3O4S2. The molecule has 0 aliphatic heterocycles. The van der Waals surface area contributed by atoms with Crippen molar-refractivity contribution in [1.82, 2.24) is 9.29 Å². The molecule has 154 valence electrons. The normalized spacial score (nSPS) is 11.9. The van der Waals surface area contributed by atoms with E-state index in [0.717, 1.165) is 4.31 Å². The van der Waals surface area contributed by atoms with Gasteiger partial charge in [-0.2, -0.15) is 0 Å². The van der Waals surface area contributed by atoms with Gasteiger partial charge in [-0.05, 0) is 41.8 Å². The number of aromatic nitrogens is 1. The Hall–Kier alpha value is -2.49. The van der Waals surface area contributed by atoms with Crippen molar-refractivity contribution in [3.63, 3.8) is 0 Å². The highest BCUT2D eigenvalue weighted by molar-refractivity contribution is 7.89. The fourth-order valence-corrected chi connectivity index (χ4v) is 4.51. The number of hydrogen-bond acceptors (Lipinski definition) is 6. The van der Waals surface area contributed by atoms with Gasteiger partial charge in [-0.25, -0.2) is 17.7 Å². The predicted octanol–water partition coefficient (Wildman–Crippen LogP) is 3.69. The van der Waals surface area contributed by atoms with Crippen molar-refractivity contribution in [3.05, 3.63) is 48.0 Å². The average molecular weight is 434 g/mol. The molecule has 0 bridgehead atoms. The van der Waals surface area contributed by atoms with Gasteiger partial charge in [0.1, 0.15) is 5.75 Å². The van der Waals surface area contributed by atoms with Crippen LogP contribution in [0.2, 0.25) is 0 Å². The molecule has 2 aromatic carbocycles. The molecule has 29 heavy (non-hydrogen) atoms. The molecule has 1 aromatic heterocycles. The number of carbonyl (C=O) groups is 1. The smallest absolute Gasteiger partial charge is 0.264 e. The number of benzene rings is 2. The number of anilines is 1. The van der Waals surface area contributed by atoms with E-state index in [9.17, 15) is 13.2 Å². The van der Waals surface area contributed by atoms with Crippen LogP contribution < -0.4 is 10.1 Å². The first kappa shape index (κ1) is 21.2. The van der Waals surface area contributed by atoms with E-state index < -0.39 is 10.0 Å². The molecule has 1 heterocycles. The van der Waals surface area contributed by atoms with Crippen LogP contribution in [0.15, 0.2) is 47.4 Å². The zero-order valence-corrected chi connectivity index (χ0v) is 18.3. The fourth-order valence-electron chi connectivity index (χ4n) is 2.58. The van der Waals surface area contributed by atoms with Crippen LogP contribution in [-0.4, -0.2) is 44.3 Å². The summed E-state index contributed by atoms with van der Waals surface area (Å²) in [5, 5.41) is 3.09. The number of rotatable bonds is 7. The number of sulfonamides is 1.